The van der Waals surface area contributed by atoms with Crippen molar-refractivity contribution in [3.8, 4) is 0 Å². The molecular weight excluding hydrogens is 242 g/mol. The molecule has 0 aromatic carbocycles. The average molecular weight is 252 g/mol. The van der Waals surface area contributed by atoms with Crippen molar-refractivity contribution >= 4 is 23.5 Å². The van der Waals surface area contributed by atoms with E-state index in [2.05, 4.69) is 30.2 Å². The van der Waals surface area contributed by atoms with Crippen LogP contribution in [0.1, 0.15) is 11.5 Å². The minimum atomic E-state index is 0.0545. The molecule has 88 valence electrons. The lowest BCUT2D eigenvalue weighted by Gasteiger charge is -2.04. The van der Waals surface area contributed by atoms with Crippen molar-refractivity contribution in [2.75, 3.05) is 11.1 Å². The van der Waals surface area contributed by atoms with E-state index >= 15 is 0 Å². The number of nitrogens with two attached hydrogens (primary N) is 1. The summed E-state index contributed by atoms with van der Waals surface area (Å²) in [5.74, 6) is 1.10. The van der Waals surface area contributed by atoms with Gasteiger partial charge in [-0.3, -0.25) is 0 Å². The summed E-state index contributed by atoms with van der Waals surface area (Å²) in [7, 11) is 0. The Morgan fingerprint density at radius 3 is 2.82 bits per heavy atom. The van der Waals surface area contributed by atoms with Gasteiger partial charge in [-0.1, -0.05) is 0 Å². The molecule has 0 saturated heterocycles. The van der Waals surface area contributed by atoms with E-state index in [-0.39, 0.29) is 11.2 Å². The van der Waals surface area contributed by atoms with Gasteiger partial charge in [0.05, 0.1) is 12.2 Å². The minimum Gasteiger partial charge on any atom is -0.368 e. The van der Waals surface area contributed by atoms with E-state index < -0.39 is 0 Å². The number of nitrogens with one attached hydrogen (secondary N) is 1. The number of nitrogen functional groups attached to an aromatic ring is 1. The van der Waals surface area contributed by atoms with Crippen molar-refractivity contribution in [1.82, 2.24) is 24.9 Å². The highest BCUT2D eigenvalue weighted by Crippen LogP contribution is 2.07. The zero-order valence-corrected chi connectivity index (χ0v) is 9.81. The average Bonchev–Trinajstić information content (AvgIpc) is 2.25. The van der Waals surface area contributed by atoms with Crippen LogP contribution in [0.25, 0.3) is 0 Å². The molecule has 2 rings (SSSR count). The van der Waals surface area contributed by atoms with Gasteiger partial charge in [0.1, 0.15) is 5.82 Å². The van der Waals surface area contributed by atoms with E-state index in [1.54, 1.807) is 12.3 Å². The summed E-state index contributed by atoms with van der Waals surface area (Å²) >= 11 is 5.65. The monoisotopic (exact) mass is 251 g/mol. The first-order chi connectivity index (χ1) is 8.13. The SMILES string of the molecule is Cc1nccc(CNc2nc(N)nc(Cl)n2)n1. The Balaban J connectivity index is 2.07. The lowest BCUT2D eigenvalue weighted by atomic mass is 10.4. The van der Waals surface area contributed by atoms with E-state index in [0.717, 1.165) is 5.69 Å². The third-order valence-corrected chi connectivity index (χ3v) is 2.06. The standard InChI is InChI=1S/C9H10ClN7/c1-5-12-3-2-6(14-5)4-13-9-16-7(10)15-8(11)17-9/h2-3H,4H2,1H3,(H3,11,13,15,16,17). The second-order valence-corrected chi connectivity index (χ2v) is 3.57. The Labute approximate surface area is 103 Å². The van der Waals surface area contributed by atoms with Gasteiger partial charge in [0.25, 0.3) is 0 Å². The highest BCUT2D eigenvalue weighted by atomic mass is 35.5. The summed E-state index contributed by atoms with van der Waals surface area (Å²) < 4.78 is 0. The van der Waals surface area contributed by atoms with Crippen LogP contribution in [-0.4, -0.2) is 24.9 Å². The maximum Gasteiger partial charge on any atom is 0.229 e. The molecule has 0 bridgehead atoms. The summed E-state index contributed by atoms with van der Waals surface area (Å²) in [6.45, 7) is 2.28. The van der Waals surface area contributed by atoms with Crippen molar-refractivity contribution in [1.29, 1.82) is 0 Å². The Morgan fingerprint density at radius 1 is 1.29 bits per heavy atom. The maximum atomic E-state index is 5.65. The van der Waals surface area contributed by atoms with Crippen LogP contribution in [0.15, 0.2) is 12.3 Å². The fourth-order valence-electron chi connectivity index (χ4n) is 1.22. The molecule has 0 aliphatic rings. The molecule has 7 nitrogen and oxygen atoms in total. The van der Waals surface area contributed by atoms with Crippen LogP contribution in [0, 0.1) is 6.92 Å². The van der Waals surface area contributed by atoms with Gasteiger partial charge >= 0.3 is 0 Å². The van der Waals surface area contributed by atoms with Crippen molar-refractivity contribution in [2.45, 2.75) is 13.5 Å². The van der Waals surface area contributed by atoms with Crippen LogP contribution < -0.4 is 11.1 Å². The number of aromatic nitrogens is 5. The molecule has 0 saturated carbocycles. The molecule has 0 spiro atoms. The van der Waals surface area contributed by atoms with E-state index in [4.69, 9.17) is 17.3 Å². The van der Waals surface area contributed by atoms with E-state index in [9.17, 15) is 0 Å². The second kappa shape index (κ2) is 4.88. The maximum absolute atomic E-state index is 5.65. The van der Waals surface area contributed by atoms with Gasteiger partial charge in [0.2, 0.25) is 17.2 Å². The third-order valence-electron chi connectivity index (χ3n) is 1.89. The Hall–Kier alpha value is -2.02. The van der Waals surface area contributed by atoms with Crippen LogP contribution in [0.4, 0.5) is 11.9 Å². The highest BCUT2D eigenvalue weighted by Gasteiger charge is 2.02. The smallest absolute Gasteiger partial charge is 0.229 e. The van der Waals surface area contributed by atoms with Crippen LogP contribution >= 0.6 is 11.6 Å². The third kappa shape index (κ3) is 3.22. The predicted octanol–water partition coefficient (Wildman–Crippen LogP) is 0.818. The van der Waals surface area contributed by atoms with E-state index in [1.807, 2.05) is 6.92 Å². The topological polar surface area (TPSA) is 102 Å². The highest BCUT2D eigenvalue weighted by molar-refractivity contribution is 6.28. The van der Waals surface area contributed by atoms with Crippen LogP contribution in [0.2, 0.25) is 5.28 Å². The first-order valence-corrected chi connectivity index (χ1v) is 5.21. The van der Waals surface area contributed by atoms with Gasteiger partial charge in [0.15, 0.2) is 0 Å². The first-order valence-electron chi connectivity index (χ1n) is 4.83. The number of nitrogens with zero attached hydrogens (tertiary/aromatic N) is 5. The number of hydrogen-bond acceptors (Lipinski definition) is 7. The zero-order valence-electron chi connectivity index (χ0n) is 9.05. The summed E-state index contributed by atoms with van der Waals surface area (Å²) in [6, 6.07) is 1.80. The fourth-order valence-corrected chi connectivity index (χ4v) is 1.38. The fraction of sp³-hybridized carbons (Fsp3) is 0.222. The molecule has 0 atom stereocenters. The summed E-state index contributed by atoms with van der Waals surface area (Å²) in [6.07, 6.45) is 1.69. The summed E-state index contributed by atoms with van der Waals surface area (Å²) in [4.78, 5) is 19.7. The molecule has 0 amide bonds. The molecule has 17 heavy (non-hydrogen) atoms. The summed E-state index contributed by atoms with van der Waals surface area (Å²) in [5, 5.41) is 3.01. The first kappa shape index (κ1) is 11.5. The molecule has 2 heterocycles. The molecule has 0 aliphatic carbocycles. The predicted molar refractivity (Wildman–Crippen MR) is 63.3 cm³/mol. The molecule has 0 aliphatic heterocycles. The quantitative estimate of drug-likeness (QED) is 0.832. The Kier molecular flexibility index (Phi) is 3.29. The van der Waals surface area contributed by atoms with Crippen molar-refractivity contribution in [3.63, 3.8) is 0 Å². The summed E-state index contributed by atoms with van der Waals surface area (Å²) in [5.41, 5.74) is 6.27. The van der Waals surface area contributed by atoms with Gasteiger partial charge in [-0.25, -0.2) is 9.97 Å². The molecule has 8 heteroatoms. The Bertz CT molecular complexity index is 510. The largest absolute Gasteiger partial charge is 0.368 e. The lowest BCUT2D eigenvalue weighted by Crippen LogP contribution is -2.08. The molecule has 3 N–H and O–H groups in total. The van der Waals surface area contributed by atoms with Gasteiger partial charge in [0, 0.05) is 6.20 Å². The second-order valence-electron chi connectivity index (χ2n) is 3.23. The molecule has 2 aromatic rings. The van der Waals surface area contributed by atoms with Gasteiger partial charge < -0.3 is 11.1 Å². The number of rotatable bonds is 3. The molecule has 2 aromatic heterocycles. The van der Waals surface area contributed by atoms with Crippen molar-refractivity contribution < 1.29 is 0 Å². The number of aryl methyl sites for hydroxylation is 1. The molecule has 0 radical (unpaired) electrons. The number of anilines is 2. The molecular formula is C9H10ClN7. The molecule has 0 fully saturated rings. The normalized spacial score (nSPS) is 10.2. The van der Waals surface area contributed by atoms with Crippen molar-refractivity contribution in [2.24, 2.45) is 0 Å². The van der Waals surface area contributed by atoms with Crippen molar-refractivity contribution in [3.05, 3.63) is 29.1 Å². The van der Waals surface area contributed by atoms with Crippen LogP contribution in [0.5, 0.6) is 0 Å². The van der Waals surface area contributed by atoms with Gasteiger partial charge in [-0.2, -0.15) is 15.0 Å². The minimum absolute atomic E-state index is 0.0545. The van der Waals surface area contributed by atoms with Crippen LogP contribution in [0.3, 0.4) is 0 Å². The van der Waals surface area contributed by atoms with Crippen LogP contribution in [-0.2, 0) is 6.54 Å². The van der Waals surface area contributed by atoms with E-state index in [1.165, 1.54) is 0 Å². The van der Waals surface area contributed by atoms with Gasteiger partial charge in [-0.05, 0) is 24.6 Å². The van der Waals surface area contributed by atoms with Gasteiger partial charge in [-0.15, -0.1) is 0 Å². The molecule has 0 unspecified atom stereocenters. The lowest BCUT2D eigenvalue weighted by molar-refractivity contribution is 0.934. The zero-order chi connectivity index (χ0) is 12.3. The number of halogens is 1. The van der Waals surface area contributed by atoms with E-state index in [0.29, 0.717) is 18.3 Å². The number of hydrogen-bond donors (Lipinski definition) is 2. The Morgan fingerprint density at radius 2 is 2.12 bits per heavy atom.